The number of benzene rings is 2. The van der Waals surface area contributed by atoms with Crippen molar-refractivity contribution < 1.29 is 35.1 Å². The number of rotatable bonds is 11. The number of aromatic hydroxyl groups is 2. The number of aromatic nitrogens is 5. The molecule has 276 valence electrons. The Labute approximate surface area is 303 Å². The Morgan fingerprint density at radius 3 is 2.30 bits per heavy atom. The van der Waals surface area contributed by atoms with Gasteiger partial charge >= 0.3 is 6.03 Å². The van der Waals surface area contributed by atoms with Crippen LogP contribution in [0.1, 0.15) is 35.9 Å². The number of aliphatic hydroxyl groups is 3. The van der Waals surface area contributed by atoms with E-state index >= 15 is 0 Å². The second-order valence-corrected chi connectivity index (χ2v) is 13.2. The number of nitrogens with zero attached hydrogens (tertiary/aromatic N) is 6. The van der Waals surface area contributed by atoms with Gasteiger partial charge in [-0.25, -0.2) is 9.78 Å². The number of imidazole rings is 1. The number of amides is 3. The predicted octanol–water partition coefficient (Wildman–Crippen LogP) is 1.42. The van der Waals surface area contributed by atoms with Crippen LogP contribution in [0.5, 0.6) is 11.5 Å². The average molecular weight is 725 g/mol. The molecule has 17 heteroatoms. The van der Waals surface area contributed by atoms with Crippen molar-refractivity contribution in [3.63, 3.8) is 0 Å². The van der Waals surface area contributed by atoms with Gasteiger partial charge in [-0.05, 0) is 60.4 Å². The van der Waals surface area contributed by atoms with Crippen LogP contribution >= 0.6 is 0 Å². The lowest BCUT2D eigenvalue weighted by atomic mass is 9.91. The van der Waals surface area contributed by atoms with Crippen LogP contribution in [0, 0.1) is 0 Å². The minimum atomic E-state index is -1.30. The van der Waals surface area contributed by atoms with Crippen LogP contribution in [-0.2, 0) is 4.79 Å². The molecule has 2 aromatic carbocycles. The lowest BCUT2D eigenvalue weighted by molar-refractivity contribution is -0.125. The average Bonchev–Trinajstić information content (AvgIpc) is 3.88. The molecule has 5 aromatic rings. The zero-order valence-corrected chi connectivity index (χ0v) is 28.4. The smallest absolute Gasteiger partial charge is 0.319 e. The number of hydrogen-bond donors (Lipinski definition) is 9. The fourth-order valence-electron chi connectivity index (χ4n) is 6.98. The summed E-state index contributed by atoms with van der Waals surface area (Å²) in [5.74, 6) is 0.0936. The molecule has 5 atom stereocenters. The third kappa shape index (κ3) is 7.76. The number of carbonyl (C=O) groups excluding carboxylic acids is 2. The third-order valence-corrected chi connectivity index (χ3v) is 9.70. The van der Waals surface area contributed by atoms with Crippen molar-refractivity contribution in [3.05, 3.63) is 90.5 Å². The maximum absolute atomic E-state index is 12.8. The van der Waals surface area contributed by atoms with E-state index in [1.54, 1.807) is 53.4 Å². The number of urea groups is 1. The topological polar surface area (TPSA) is 243 Å². The number of anilines is 3. The molecule has 3 amide bonds. The summed E-state index contributed by atoms with van der Waals surface area (Å²) in [5, 5.41) is 62.9. The highest BCUT2D eigenvalue weighted by atomic mass is 16.3. The lowest BCUT2D eigenvalue weighted by Crippen LogP contribution is -2.44. The van der Waals surface area contributed by atoms with Crippen molar-refractivity contribution >= 4 is 40.6 Å². The van der Waals surface area contributed by atoms with Gasteiger partial charge in [0.1, 0.15) is 30.3 Å². The number of carbonyl (C=O) groups is 2. The first kappa shape index (κ1) is 35.4. The quantitative estimate of drug-likeness (QED) is 0.0938. The van der Waals surface area contributed by atoms with E-state index in [0.717, 1.165) is 11.1 Å². The molecule has 9 N–H and O–H groups in total. The molecule has 0 unspecified atom stereocenters. The summed E-state index contributed by atoms with van der Waals surface area (Å²) in [5.41, 5.74) is 3.13. The van der Waals surface area contributed by atoms with Crippen molar-refractivity contribution in [2.75, 3.05) is 41.8 Å². The maximum Gasteiger partial charge on any atom is 0.319 e. The van der Waals surface area contributed by atoms with E-state index in [9.17, 15) is 35.1 Å². The Bertz CT molecular complexity index is 2000. The Kier molecular flexibility index (Phi) is 10.2. The summed E-state index contributed by atoms with van der Waals surface area (Å²) in [4.78, 5) is 45.1. The largest absolute Gasteiger partial charge is 0.508 e. The summed E-state index contributed by atoms with van der Waals surface area (Å²) in [6, 6.07) is 15.1. The number of aliphatic hydroxyl groups excluding tert-OH is 3. The molecule has 7 rings (SSSR count). The summed E-state index contributed by atoms with van der Waals surface area (Å²) in [6.45, 7) is 0.506. The summed E-state index contributed by atoms with van der Waals surface area (Å²) < 4.78 is 1.66. The Morgan fingerprint density at radius 2 is 1.64 bits per heavy atom. The normalized spacial score (nSPS) is 21.2. The van der Waals surface area contributed by atoms with Crippen molar-refractivity contribution in [1.29, 1.82) is 0 Å². The van der Waals surface area contributed by atoms with Gasteiger partial charge in [0, 0.05) is 37.8 Å². The van der Waals surface area contributed by atoms with Crippen LogP contribution in [0.15, 0.2) is 79.4 Å². The standard InChI is InChI=1S/C36H40N10O7/c47-18-29(50)42-27-14-28(32(52)31(27)51)46-19-39-30-33(38-16-26(20-3-7-24(48)8-4-20)21-5-9-25(49)10-6-21)43-35(44-34(30)46)45-13-11-23(17-45)41-36(53)40-22-2-1-12-37-15-22/h1-10,12,15,19,23,26-28,31-32,47-49,51-52H,11,13-14,16-18H2,(H,42,50)(H,38,43,44)(H2,40,41,53)/t23-,27+,28-,31-,32+/m1/s1. The van der Waals surface area contributed by atoms with Crippen LogP contribution in [-0.4, -0.2) is 113 Å². The second-order valence-electron chi connectivity index (χ2n) is 13.2. The number of hydrogen-bond acceptors (Lipinski definition) is 13. The fourth-order valence-corrected chi connectivity index (χ4v) is 6.98. The van der Waals surface area contributed by atoms with Gasteiger partial charge < -0.3 is 56.3 Å². The number of pyridine rings is 1. The zero-order chi connectivity index (χ0) is 37.1. The van der Waals surface area contributed by atoms with Gasteiger partial charge in [-0.15, -0.1) is 0 Å². The van der Waals surface area contributed by atoms with Gasteiger partial charge in [0.25, 0.3) is 0 Å². The molecule has 0 bridgehead atoms. The minimum absolute atomic E-state index is 0.129. The molecule has 17 nitrogen and oxygen atoms in total. The molecule has 53 heavy (non-hydrogen) atoms. The summed E-state index contributed by atoms with van der Waals surface area (Å²) in [7, 11) is 0. The molecule has 3 aromatic heterocycles. The Hall–Kier alpha value is -6.04. The highest BCUT2D eigenvalue weighted by Crippen LogP contribution is 2.36. The first-order chi connectivity index (χ1) is 25.7. The van der Waals surface area contributed by atoms with Crippen LogP contribution < -0.4 is 26.2 Å². The van der Waals surface area contributed by atoms with Gasteiger partial charge in [-0.2, -0.15) is 9.97 Å². The lowest BCUT2D eigenvalue weighted by Gasteiger charge is -2.22. The van der Waals surface area contributed by atoms with E-state index < -0.39 is 36.8 Å². The van der Waals surface area contributed by atoms with E-state index in [1.807, 2.05) is 29.2 Å². The van der Waals surface area contributed by atoms with Crippen molar-refractivity contribution in [1.82, 2.24) is 35.1 Å². The highest BCUT2D eigenvalue weighted by Gasteiger charge is 2.44. The summed E-state index contributed by atoms with van der Waals surface area (Å²) in [6.07, 6.45) is 2.87. The molecular formula is C36H40N10O7. The number of nitrogens with one attached hydrogen (secondary N) is 4. The Morgan fingerprint density at radius 1 is 0.925 bits per heavy atom. The van der Waals surface area contributed by atoms with Crippen LogP contribution in [0.3, 0.4) is 0 Å². The molecule has 0 radical (unpaired) electrons. The molecule has 4 heterocycles. The van der Waals surface area contributed by atoms with Gasteiger partial charge in [0.15, 0.2) is 17.0 Å². The van der Waals surface area contributed by atoms with Crippen LogP contribution in [0.4, 0.5) is 22.2 Å². The van der Waals surface area contributed by atoms with E-state index in [1.165, 1.54) is 6.33 Å². The van der Waals surface area contributed by atoms with Gasteiger partial charge in [0.05, 0.1) is 30.3 Å². The zero-order valence-electron chi connectivity index (χ0n) is 28.4. The molecule has 0 spiro atoms. The van der Waals surface area contributed by atoms with Crippen molar-refractivity contribution in [2.24, 2.45) is 0 Å². The number of fused-ring (bicyclic) bond motifs is 1. The van der Waals surface area contributed by atoms with Gasteiger partial charge in [-0.3, -0.25) is 9.78 Å². The molecule has 1 aliphatic heterocycles. The van der Waals surface area contributed by atoms with Crippen molar-refractivity contribution in [2.45, 2.75) is 49.1 Å². The monoisotopic (exact) mass is 724 g/mol. The van der Waals surface area contributed by atoms with Gasteiger partial charge in [0.2, 0.25) is 11.9 Å². The van der Waals surface area contributed by atoms with Gasteiger partial charge in [-0.1, -0.05) is 24.3 Å². The minimum Gasteiger partial charge on any atom is -0.508 e. The van der Waals surface area contributed by atoms with E-state index in [2.05, 4.69) is 31.2 Å². The predicted molar refractivity (Wildman–Crippen MR) is 194 cm³/mol. The van der Waals surface area contributed by atoms with Crippen LogP contribution in [0.25, 0.3) is 11.2 Å². The Balaban J connectivity index is 1.19. The SMILES string of the molecule is O=C(CO)N[C@H]1C[C@@H](n2cnc3c(NCC(c4ccc(O)cc4)c4ccc(O)cc4)nc(N4CC[C@@H](NC(=O)Nc5cccnc5)C4)nc32)[C@H](O)[C@@H]1O. The number of phenols is 2. The van der Waals surface area contributed by atoms with Crippen LogP contribution in [0.2, 0.25) is 0 Å². The molecular weight excluding hydrogens is 684 g/mol. The fraction of sp³-hybridized carbons (Fsp3) is 0.333. The first-order valence-corrected chi connectivity index (χ1v) is 17.2. The van der Waals surface area contributed by atoms with E-state index in [0.29, 0.717) is 54.7 Å². The summed E-state index contributed by atoms with van der Waals surface area (Å²) >= 11 is 0. The molecule has 1 saturated heterocycles. The third-order valence-electron chi connectivity index (χ3n) is 9.70. The molecule has 2 aliphatic rings. The molecule has 1 aliphatic carbocycles. The van der Waals surface area contributed by atoms with E-state index in [-0.39, 0.29) is 35.9 Å². The van der Waals surface area contributed by atoms with Crippen molar-refractivity contribution in [3.8, 4) is 11.5 Å². The maximum atomic E-state index is 12.8. The number of phenolic OH excluding ortho intramolecular Hbond substituents is 2. The molecule has 1 saturated carbocycles. The molecule has 2 fully saturated rings. The van der Waals surface area contributed by atoms with E-state index in [4.69, 9.17) is 9.97 Å². The second kappa shape index (κ2) is 15.3. The first-order valence-electron chi connectivity index (χ1n) is 17.2. The highest BCUT2D eigenvalue weighted by molar-refractivity contribution is 5.89.